The average molecular weight is 371 g/mol. The van der Waals surface area contributed by atoms with E-state index in [1.54, 1.807) is 26.8 Å². The zero-order valence-electron chi connectivity index (χ0n) is 15.1. The lowest BCUT2D eigenvalue weighted by Gasteiger charge is -2.24. The van der Waals surface area contributed by atoms with Crippen molar-refractivity contribution in [2.24, 2.45) is 5.92 Å². The molecule has 1 atom stereocenters. The van der Waals surface area contributed by atoms with Crippen molar-refractivity contribution in [1.82, 2.24) is 10.3 Å². The van der Waals surface area contributed by atoms with Crippen LogP contribution in [0.25, 0.3) is 0 Å². The second-order valence-electron chi connectivity index (χ2n) is 7.12. The van der Waals surface area contributed by atoms with E-state index < -0.39 is 17.5 Å². The summed E-state index contributed by atoms with van der Waals surface area (Å²) in [5, 5.41) is 14.4. The maximum Gasteiger partial charge on any atom is 0.407 e. The van der Waals surface area contributed by atoms with Crippen LogP contribution in [0.2, 0.25) is 5.15 Å². The lowest BCUT2D eigenvalue weighted by atomic mass is 10.0. The number of hydrogen-bond donors (Lipinski definition) is 2. The number of carbonyl (C=O) groups is 1. The highest BCUT2D eigenvalue weighted by atomic mass is 35.5. The maximum atomic E-state index is 14.1. The first kappa shape index (κ1) is 21.0. The number of alkyl carbamates (subject to hydrolysis) is 1. The molecule has 0 aromatic carbocycles. The number of amides is 1. The minimum Gasteiger partial charge on any atom is -0.444 e. The monoisotopic (exact) mass is 370 g/mol. The zero-order chi connectivity index (χ0) is 19.2. The van der Waals surface area contributed by atoms with Crippen LogP contribution in [-0.2, 0) is 4.74 Å². The maximum absolute atomic E-state index is 14.1. The number of nitriles is 1. The van der Waals surface area contributed by atoms with Gasteiger partial charge >= 0.3 is 6.09 Å². The van der Waals surface area contributed by atoms with Crippen LogP contribution in [0.4, 0.5) is 15.0 Å². The molecule has 0 fully saturated rings. The van der Waals surface area contributed by atoms with Crippen LogP contribution in [0.1, 0.15) is 46.6 Å². The van der Waals surface area contributed by atoms with Gasteiger partial charge in [-0.25, -0.2) is 14.2 Å². The molecule has 0 saturated carbocycles. The van der Waals surface area contributed by atoms with Gasteiger partial charge in [0.1, 0.15) is 16.8 Å². The van der Waals surface area contributed by atoms with Crippen molar-refractivity contribution in [3.8, 4) is 6.07 Å². The summed E-state index contributed by atoms with van der Waals surface area (Å²) in [5.74, 6) is -0.428. The molecule has 8 heteroatoms. The molecular formula is C17H24ClFN4O2. The summed E-state index contributed by atoms with van der Waals surface area (Å²) in [5.41, 5.74) is -0.628. The number of anilines is 1. The predicted molar refractivity (Wildman–Crippen MR) is 95.0 cm³/mol. The number of carbonyl (C=O) groups excluding carboxylic acids is 1. The molecule has 1 rings (SSSR count). The molecule has 0 aliphatic carbocycles. The third-order valence-electron chi connectivity index (χ3n) is 3.04. The van der Waals surface area contributed by atoms with Gasteiger partial charge < -0.3 is 15.4 Å². The number of pyridine rings is 1. The number of ether oxygens (including phenoxy) is 1. The van der Waals surface area contributed by atoms with E-state index in [1.165, 1.54) is 0 Å². The molecule has 1 heterocycles. The first-order valence-electron chi connectivity index (χ1n) is 8.01. The third-order valence-corrected chi connectivity index (χ3v) is 3.33. The summed E-state index contributed by atoms with van der Waals surface area (Å²) in [4.78, 5) is 15.7. The summed E-state index contributed by atoms with van der Waals surface area (Å²) in [6, 6.07) is 2.53. The Morgan fingerprint density at radius 3 is 2.64 bits per heavy atom. The Morgan fingerprint density at radius 2 is 2.12 bits per heavy atom. The molecule has 0 unspecified atom stereocenters. The molecule has 0 saturated heterocycles. The Kier molecular flexibility index (Phi) is 7.43. The number of nitrogens with zero attached hydrogens (tertiary/aromatic N) is 2. The fourth-order valence-electron chi connectivity index (χ4n) is 2.12. The largest absolute Gasteiger partial charge is 0.444 e. The molecule has 1 amide bonds. The summed E-state index contributed by atoms with van der Waals surface area (Å²) in [6.45, 7) is 9.57. The molecule has 25 heavy (non-hydrogen) atoms. The van der Waals surface area contributed by atoms with Crippen molar-refractivity contribution < 1.29 is 13.9 Å². The summed E-state index contributed by atoms with van der Waals surface area (Å²) in [6.07, 6.45) is 0.114. The number of rotatable bonds is 6. The van der Waals surface area contributed by atoms with Crippen molar-refractivity contribution in [3.63, 3.8) is 0 Å². The minimum absolute atomic E-state index is 0.0305. The van der Waals surface area contributed by atoms with Gasteiger partial charge in [-0.3, -0.25) is 0 Å². The summed E-state index contributed by atoms with van der Waals surface area (Å²) < 4.78 is 19.3. The van der Waals surface area contributed by atoms with Gasteiger partial charge in [-0.05, 0) is 39.2 Å². The molecule has 0 bridgehead atoms. The van der Waals surface area contributed by atoms with Crippen molar-refractivity contribution in [3.05, 3.63) is 22.6 Å². The molecule has 0 aliphatic rings. The predicted octanol–water partition coefficient (Wildman–Crippen LogP) is 4.10. The highest BCUT2D eigenvalue weighted by molar-refractivity contribution is 6.30. The number of hydrogen-bond acceptors (Lipinski definition) is 5. The van der Waals surface area contributed by atoms with Gasteiger partial charge in [0.2, 0.25) is 0 Å². The lowest BCUT2D eigenvalue weighted by Crippen LogP contribution is -2.40. The Hall–Kier alpha value is -2.07. The van der Waals surface area contributed by atoms with Gasteiger partial charge in [0.25, 0.3) is 0 Å². The van der Waals surface area contributed by atoms with Crippen LogP contribution in [0, 0.1) is 23.1 Å². The van der Waals surface area contributed by atoms with E-state index in [0.717, 1.165) is 6.07 Å². The van der Waals surface area contributed by atoms with Crippen LogP contribution < -0.4 is 10.6 Å². The van der Waals surface area contributed by atoms with Gasteiger partial charge in [-0.15, -0.1) is 0 Å². The van der Waals surface area contributed by atoms with E-state index in [-0.39, 0.29) is 29.1 Å². The zero-order valence-corrected chi connectivity index (χ0v) is 15.9. The first-order chi connectivity index (χ1) is 11.5. The Balaban J connectivity index is 2.82. The van der Waals surface area contributed by atoms with Gasteiger partial charge in [-0.1, -0.05) is 25.4 Å². The molecule has 138 valence electrons. The molecule has 0 radical (unpaired) electrons. The van der Waals surface area contributed by atoms with E-state index >= 15 is 0 Å². The Labute approximate surface area is 152 Å². The van der Waals surface area contributed by atoms with Crippen LogP contribution in [0.3, 0.4) is 0 Å². The van der Waals surface area contributed by atoms with E-state index in [9.17, 15) is 9.18 Å². The minimum atomic E-state index is -0.674. The topological polar surface area (TPSA) is 87.0 Å². The Morgan fingerprint density at radius 1 is 1.48 bits per heavy atom. The lowest BCUT2D eigenvalue weighted by molar-refractivity contribution is 0.0524. The normalized spacial score (nSPS) is 12.4. The van der Waals surface area contributed by atoms with Crippen LogP contribution in [0.15, 0.2) is 6.07 Å². The van der Waals surface area contributed by atoms with E-state index in [1.807, 2.05) is 13.8 Å². The van der Waals surface area contributed by atoms with Crippen molar-refractivity contribution in [2.45, 2.75) is 52.7 Å². The van der Waals surface area contributed by atoms with Gasteiger partial charge in [-0.2, -0.15) is 5.26 Å². The average Bonchev–Trinajstić information content (AvgIpc) is 2.45. The second kappa shape index (κ2) is 8.86. The fraction of sp³-hybridized carbons (Fsp3) is 0.588. The molecule has 1 aromatic heterocycles. The SMILES string of the molecule is CC(C)C[C@H](CNC(=O)OC(C)(C)C)Nc1nc(Cl)c(C#N)cc1F. The van der Waals surface area contributed by atoms with Crippen molar-refractivity contribution >= 4 is 23.5 Å². The molecule has 0 aliphatic heterocycles. The molecule has 6 nitrogen and oxygen atoms in total. The highest BCUT2D eigenvalue weighted by Crippen LogP contribution is 2.21. The molecule has 1 aromatic rings. The standard InChI is InChI=1S/C17H24ClFN4O2/c1-10(2)6-12(9-21-16(24)25-17(3,4)5)22-15-13(19)7-11(8-20)14(18)23-15/h7,10,12H,6,9H2,1-5H3,(H,21,24)(H,22,23)/t12-/m1/s1. The second-order valence-corrected chi connectivity index (χ2v) is 7.48. The first-order valence-corrected chi connectivity index (χ1v) is 8.39. The van der Waals surface area contributed by atoms with Crippen LogP contribution in [0.5, 0.6) is 0 Å². The summed E-state index contributed by atoms with van der Waals surface area (Å²) in [7, 11) is 0. The van der Waals surface area contributed by atoms with Crippen molar-refractivity contribution in [1.29, 1.82) is 5.26 Å². The molecule has 2 N–H and O–H groups in total. The Bertz CT molecular complexity index is 653. The number of halogens is 2. The number of aromatic nitrogens is 1. The fourth-order valence-corrected chi connectivity index (χ4v) is 2.30. The van der Waals surface area contributed by atoms with Gasteiger partial charge in [0.05, 0.1) is 5.56 Å². The van der Waals surface area contributed by atoms with Crippen molar-refractivity contribution in [2.75, 3.05) is 11.9 Å². The number of nitrogens with one attached hydrogen (secondary N) is 2. The van der Waals surface area contributed by atoms with Crippen LogP contribution >= 0.6 is 11.6 Å². The highest BCUT2D eigenvalue weighted by Gasteiger charge is 2.20. The molecular weight excluding hydrogens is 347 g/mol. The smallest absolute Gasteiger partial charge is 0.407 e. The summed E-state index contributed by atoms with van der Waals surface area (Å²) >= 11 is 5.86. The molecule has 0 spiro atoms. The van der Waals surface area contributed by atoms with E-state index in [2.05, 4.69) is 15.6 Å². The van der Waals surface area contributed by atoms with Gasteiger partial charge in [0.15, 0.2) is 11.6 Å². The quantitative estimate of drug-likeness (QED) is 0.736. The van der Waals surface area contributed by atoms with Gasteiger partial charge in [0, 0.05) is 12.6 Å². The third kappa shape index (κ3) is 7.57. The van der Waals surface area contributed by atoms with E-state index in [0.29, 0.717) is 12.3 Å². The van der Waals surface area contributed by atoms with E-state index in [4.69, 9.17) is 21.6 Å². The van der Waals surface area contributed by atoms with Crippen LogP contribution in [-0.4, -0.2) is 29.3 Å².